The summed E-state index contributed by atoms with van der Waals surface area (Å²) in [4.78, 5) is 4.67. The lowest BCUT2D eigenvalue weighted by atomic mass is 10.0. The van der Waals surface area contributed by atoms with Gasteiger partial charge in [0.25, 0.3) is 0 Å². The van der Waals surface area contributed by atoms with Gasteiger partial charge < -0.3 is 4.74 Å². The summed E-state index contributed by atoms with van der Waals surface area (Å²) >= 11 is 6.14. The first kappa shape index (κ1) is 24.7. The minimum Gasteiger partial charge on any atom is -0.494 e. The van der Waals surface area contributed by atoms with Gasteiger partial charge >= 0.3 is 0 Å². The van der Waals surface area contributed by atoms with E-state index in [1.54, 1.807) is 0 Å². The second-order valence-corrected chi connectivity index (χ2v) is 8.91. The summed E-state index contributed by atoms with van der Waals surface area (Å²) < 4.78 is 5.78. The van der Waals surface area contributed by atoms with Crippen molar-refractivity contribution in [2.24, 2.45) is 0 Å². The third-order valence-electron chi connectivity index (χ3n) is 5.69. The summed E-state index contributed by atoms with van der Waals surface area (Å²) in [5.41, 5.74) is 3.48. The number of aryl methyl sites for hydroxylation is 1. The third-order valence-corrected chi connectivity index (χ3v) is 6.21. The number of benzene rings is 1. The predicted molar refractivity (Wildman–Crippen MR) is 131 cm³/mol. The molecule has 2 rings (SSSR count). The monoisotopic (exact) mass is 429 g/mol. The van der Waals surface area contributed by atoms with Gasteiger partial charge in [-0.2, -0.15) is 0 Å². The fraction of sp³-hybridized carbons (Fsp3) is 0.593. The molecule has 1 unspecified atom stereocenters. The second-order valence-electron chi connectivity index (χ2n) is 8.30. The van der Waals surface area contributed by atoms with Crippen LogP contribution in [0.5, 0.6) is 5.75 Å². The number of ether oxygens (including phenoxy) is 1. The molecule has 1 aromatic carbocycles. The maximum absolute atomic E-state index is 6.14. The summed E-state index contributed by atoms with van der Waals surface area (Å²) in [5, 5.41) is 0.197. The number of pyridine rings is 1. The van der Waals surface area contributed by atoms with Crippen molar-refractivity contribution >= 4 is 11.6 Å². The summed E-state index contributed by atoms with van der Waals surface area (Å²) in [6.07, 6.45) is 17.4. The SMILES string of the molecule is CCCCCCCCCCCc1ccc(-c2ccc(OCCC(Cl)CC)cc2)nc1. The summed E-state index contributed by atoms with van der Waals surface area (Å²) in [7, 11) is 0. The molecular weight excluding hydrogens is 390 g/mol. The highest BCUT2D eigenvalue weighted by Gasteiger charge is 2.04. The van der Waals surface area contributed by atoms with Crippen LogP contribution in [0.3, 0.4) is 0 Å². The Kier molecular flexibility index (Phi) is 12.6. The van der Waals surface area contributed by atoms with Crippen LogP contribution >= 0.6 is 11.6 Å². The van der Waals surface area contributed by atoms with E-state index in [0.29, 0.717) is 6.61 Å². The third kappa shape index (κ3) is 9.98. The van der Waals surface area contributed by atoms with Crippen LogP contribution in [0, 0.1) is 0 Å². The Morgan fingerprint density at radius 2 is 1.50 bits per heavy atom. The molecule has 30 heavy (non-hydrogen) atoms. The molecule has 0 N–H and O–H groups in total. The highest BCUT2D eigenvalue weighted by atomic mass is 35.5. The number of rotatable bonds is 16. The summed E-state index contributed by atoms with van der Waals surface area (Å²) in [6.45, 7) is 5.04. The van der Waals surface area contributed by atoms with Crippen molar-refractivity contribution in [1.82, 2.24) is 4.98 Å². The van der Waals surface area contributed by atoms with Crippen LogP contribution < -0.4 is 4.74 Å². The van der Waals surface area contributed by atoms with Crippen molar-refractivity contribution in [1.29, 1.82) is 0 Å². The van der Waals surface area contributed by atoms with Gasteiger partial charge in [0.05, 0.1) is 12.3 Å². The minimum absolute atomic E-state index is 0.197. The van der Waals surface area contributed by atoms with Crippen LogP contribution in [-0.4, -0.2) is 17.0 Å². The molecule has 1 aromatic heterocycles. The molecule has 0 spiro atoms. The molecule has 2 nitrogen and oxygen atoms in total. The van der Waals surface area contributed by atoms with E-state index in [4.69, 9.17) is 16.3 Å². The highest BCUT2D eigenvalue weighted by Crippen LogP contribution is 2.22. The van der Waals surface area contributed by atoms with E-state index in [1.165, 1.54) is 63.4 Å². The summed E-state index contributed by atoms with van der Waals surface area (Å²) in [5.74, 6) is 0.890. The number of aromatic nitrogens is 1. The van der Waals surface area contributed by atoms with Crippen LogP contribution in [0.25, 0.3) is 11.3 Å². The van der Waals surface area contributed by atoms with Gasteiger partial charge in [-0.25, -0.2) is 0 Å². The van der Waals surface area contributed by atoms with Crippen LogP contribution in [0.1, 0.15) is 90.0 Å². The zero-order chi connectivity index (χ0) is 21.4. The first-order chi connectivity index (χ1) is 14.7. The lowest BCUT2D eigenvalue weighted by molar-refractivity contribution is 0.307. The number of halogens is 1. The van der Waals surface area contributed by atoms with Gasteiger partial charge in [0.15, 0.2) is 0 Å². The standard InChI is InChI=1S/C27H40ClNO/c1-3-5-6-7-8-9-10-11-12-13-23-14-19-27(29-22-23)24-15-17-26(18-16-24)30-21-20-25(28)4-2/h14-19,22,25H,3-13,20-21H2,1-2H3. The van der Waals surface area contributed by atoms with Crippen molar-refractivity contribution in [2.75, 3.05) is 6.61 Å². The van der Waals surface area contributed by atoms with E-state index in [9.17, 15) is 0 Å². The smallest absolute Gasteiger partial charge is 0.119 e. The Labute approximate surface area is 189 Å². The van der Waals surface area contributed by atoms with E-state index >= 15 is 0 Å². The van der Waals surface area contributed by atoms with E-state index in [-0.39, 0.29) is 5.38 Å². The van der Waals surface area contributed by atoms with Gasteiger partial charge in [-0.15, -0.1) is 11.6 Å². The average Bonchev–Trinajstić information content (AvgIpc) is 2.79. The zero-order valence-electron chi connectivity index (χ0n) is 19.0. The van der Waals surface area contributed by atoms with Crippen LogP contribution in [-0.2, 0) is 6.42 Å². The molecule has 0 bridgehead atoms. The largest absolute Gasteiger partial charge is 0.494 e. The van der Waals surface area contributed by atoms with E-state index in [1.807, 2.05) is 18.3 Å². The van der Waals surface area contributed by atoms with E-state index in [2.05, 4.69) is 43.1 Å². The lowest BCUT2D eigenvalue weighted by Crippen LogP contribution is -2.05. The number of hydrogen-bond acceptors (Lipinski definition) is 2. The molecule has 0 aliphatic carbocycles. The Balaban J connectivity index is 1.66. The van der Waals surface area contributed by atoms with Gasteiger partial charge in [0.2, 0.25) is 0 Å². The van der Waals surface area contributed by atoms with Crippen molar-refractivity contribution in [3.05, 3.63) is 48.2 Å². The predicted octanol–water partition coefficient (Wildman–Crippen LogP) is 8.61. The van der Waals surface area contributed by atoms with Gasteiger partial charge in [-0.3, -0.25) is 4.98 Å². The van der Waals surface area contributed by atoms with Gasteiger partial charge in [0, 0.05) is 17.1 Å². The molecular formula is C27H40ClNO. The molecule has 0 fully saturated rings. The number of alkyl halides is 1. The Morgan fingerprint density at radius 1 is 0.833 bits per heavy atom. The average molecular weight is 430 g/mol. The van der Waals surface area contributed by atoms with Gasteiger partial charge in [0.1, 0.15) is 5.75 Å². The Hall–Kier alpha value is -1.54. The van der Waals surface area contributed by atoms with E-state index in [0.717, 1.165) is 36.3 Å². The second kappa shape index (κ2) is 15.3. The van der Waals surface area contributed by atoms with Gasteiger partial charge in [-0.1, -0.05) is 71.3 Å². The van der Waals surface area contributed by atoms with Crippen molar-refractivity contribution in [3.8, 4) is 17.0 Å². The fourth-order valence-corrected chi connectivity index (χ4v) is 3.70. The van der Waals surface area contributed by atoms with Gasteiger partial charge in [-0.05, 0) is 61.6 Å². The quantitative estimate of drug-likeness (QED) is 0.197. The van der Waals surface area contributed by atoms with Crippen molar-refractivity contribution in [3.63, 3.8) is 0 Å². The lowest BCUT2D eigenvalue weighted by Gasteiger charge is -2.09. The highest BCUT2D eigenvalue weighted by molar-refractivity contribution is 6.20. The number of nitrogens with zero attached hydrogens (tertiary/aromatic N) is 1. The molecule has 0 aliphatic rings. The Bertz CT molecular complexity index is 668. The first-order valence-corrected chi connectivity index (χ1v) is 12.5. The minimum atomic E-state index is 0.197. The Morgan fingerprint density at radius 3 is 2.10 bits per heavy atom. The topological polar surface area (TPSA) is 22.1 Å². The van der Waals surface area contributed by atoms with E-state index < -0.39 is 0 Å². The number of hydrogen-bond donors (Lipinski definition) is 0. The van der Waals surface area contributed by atoms with Crippen LogP contribution in [0.4, 0.5) is 0 Å². The maximum Gasteiger partial charge on any atom is 0.119 e. The van der Waals surface area contributed by atoms with Crippen molar-refractivity contribution < 1.29 is 4.74 Å². The molecule has 0 saturated heterocycles. The fourth-order valence-electron chi connectivity index (χ4n) is 3.61. The molecule has 0 amide bonds. The summed E-state index contributed by atoms with van der Waals surface area (Å²) in [6, 6.07) is 12.6. The zero-order valence-corrected chi connectivity index (χ0v) is 19.8. The molecule has 1 atom stereocenters. The van der Waals surface area contributed by atoms with Crippen molar-refractivity contribution in [2.45, 2.75) is 96.3 Å². The maximum atomic E-state index is 6.14. The molecule has 3 heteroatoms. The molecule has 1 heterocycles. The molecule has 2 aromatic rings. The molecule has 0 radical (unpaired) electrons. The molecule has 0 aliphatic heterocycles. The molecule has 0 saturated carbocycles. The van der Waals surface area contributed by atoms with Crippen LogP contribution in [0.2, 0.25) is 0 Å². The van der Waals surface area contributed by atoms with Crippen LogP contribution in [0.15, 0.2) is 42.6 Å². The normalized spacial score (nSPS) is 12.1. The first-order valence-electron chi connectivity index (χ1n) is 12.0. The number of unbranched alkanes of at least 4 members (excludes halogenated alkanes) is 8. The molecule has 166 valence electrons.